The van der Waals surface area contributed by atoms with Crippen LogP contribution in [0.15, 0.2) is 6.07 Å². The Morgan fingerprint density at radius 3 is 2.26 bits per heavy atom. The van der Waals surface area contributed by atoms with Crippen molar-refractivity contribution in [1.29, 1.82) is 0 Å². The Bertz CT molecular complexity index is 667. The molecule has 2 aliphatic rings. The van der Waals surface area contributed by atoms with Crippen LogP contribution in [0.5, 0.6) is 0 Å². The maximum absolute atomic E-state index is 13.2. The van der Waals surface area contributed by atoms with Gasteiger partial charge in [-0.2, -0.15) is 18.2 Å². The Hall–Kier alpha value is -2.10. The number of hydrogen-bond donors (Lipinski definition) is 0. The van der Waals surface area contributed by atoms with Gasteiger partial charge in [0, 0.05) is 59.4 Å². The number of hydrogen-bond acceptors (Lipinski definition) is 6. The van der Waals surface area contributed by atoms with Gasteiger partial charge in [-0.1, -0.05) is 0 Å². The van der Waals surface area contributed by atoms with Gasteiger partial charge in [-0.15, -0.1) is 0 Å². The third kappa shape index (κ3) is 4.79. The molecule has 0 saturated carbocycles. The topological polar surface area (TPSA) is 55.8 Å². The van der Waals surface area contributed by atoms with Gasteiger partial charge in [-0.3, -0.25) is 9.69 Å². The maximum Gasteiger partial charge on any atom is 0.433 e. The number of rotatable bonds is 4. The SMILES string of the molecule is CN(C)c1cc(C(F)(F)F)nc(N2CCN(CC(=O)N3CCCC3)CC2)n1. The number of amides is 1. The van der Waals surface area contributed by atoms with Crippen molar-refractivity contribution in [3.8, 4) is 0 Å². The average molecular weight is 386 g/mol. The number of anilines is 2. The number of likely N-dealkylation sites (tertiary alicyclic amines) is 1. The molecule has 27 heavy (non-hydrogen) atoms. The van der Waals surface area contributed by atoms with Crippen LogP contribution >= 0.6 is 0 Å². The van der Waals surface area contributed by atoms with Crippen LogP contribution in [0.1, 0.15) is 18.5 Å². The third-order valence-corrected chi connectivity index (χ3v) is 4.92. The van der Waals surface area contributed by atoms with Gasteiger partial charge in [0.05, 0.1) is 6.54 Å². The highest BCUT2D eigenvalue weighted by Crippen LogP contribution is 2.31. The van der Waals surface area contributed by atoms with Gasteiger partial charge in [0.15, 0.2) is 5.69 Å². The molecule has 3 heterocycles. The lowest BCUT2D eigenvalue weighted by atomic mass is 10.3. The Balaban J connectivity index is 1.65. The van der Waals surface area contributed by atoms with Crippen LogP contribution in [0.3, 0.4) is 0 Å². The molecule has 1 aromatic heterocycles. The molecule has 7 nitrogen and oxygen atoms in total. The predicted molar refractivity (Wildman–Crippen MR) is 95.8 cm³/mol. The molecular formula is C17H25F3N6O. The van der Waals surface area contributed by atoms with E-state index in [4.69, 9.17) is 0 Å². The van der Waals surface area contributed by atoms with E-state index in [-0.39, 0.29) is 17.7 Å². The normalized spacial score (nSPS) is 18.9. The summed E-state index contributed by atoms with van der Waals surface area (Å²) in [4.78, 5) is 27.5. The molecule has 3 rings (SSSR count). The molecule has 0 spiro atoms. The zero-order valence-corrected chi connectivity index (χ0v) is 15.7. The first-order valence-corrected chi connectivity index (χ1v) is 9.13. The minimum Gasteiger partial charge on any atom is -0.363 e. The monoisotopic (exact) mass is 386 g/mol. The van der Waals surface area contributed by atoms with E-state index in [9.17, 15) is 18.0 Å². The Labute approximate surface area is 156 Å². The summed E-state index contributed by atoms with van der Waals surface area (Å²) in [5.74, 6) is 0.434. The average Bonchev–Trinajstić information content (AvgIpc) is 3.16. The van der Waals surface area contributed by atoms with Crippen molar-refractivity contribution in [1.82, 2.24) is 19.8 Å². The van der Waals surface area contributed by atoms with E-state index in [1.165, 1.54) is 4.90 Å². The van der Waals surface area contributed by atoms with E-state index in [0.29, 0.717) is 32.7 Å². The lowest BCUT2D eigenvalue weighted by molar-refractivity contribution is -0.141. The highest BCUT2D eigenvalue weighted by Gasteiger charge is 2.35. The van der Waals surface area contributed by atoms with E-state index >= 15 is 0 Å². The second kappa shape index (κ2) is 7.87. The van der Waals surface area contributed by atoms with Crippen LogP contribution in [-0.2, 0) is 11.0 Å². The van der Waals surface area contributed by atoms with Crippen LogP contribution in [0.25, 0.3) is 0 Å². The van der Waals surface area contributed by atoms with Crippen LogP contribution in [0.2, 0.25) is 0 Å². The number of aromatic nitrogens is 2. The zero-order chi connectivity index (χ0) is 19.6. The molecule has 1 aromatic rings. The molecule has 0 atom stereocenters. The highest BCUT2D eigenvalue weighted by atomic mass is 19.4. The van der Waals surface area contributed by atoms with E-state index in [2.05, 4.69) is 9.97 Å². The van der Waals surface area contributed by atoms with Crippen molar-refractivity contribution in [3.05, 3.63) is 11.8 Å². The summed E-state index contributed by atoms with van der Waals surface area (Å²) in [5, 5.41) is 0. The number of alkyl halides is 3. The summed E-state index contributed by atoms with van der Waals surface area (Å²) in [6.07, 6.45) is -2.41. The van der Waals surface area contributed by atoms with E-state index in [1.54, 1.807) is 19.0 Å². The number of piperazine rings is 1. The lowest BCUT2D eigenvalue weighted by Gasteiger charge is -2.35. The molecule has 0 unspecified atom stereocenters. The molecule has 0 aromatic carbocycles. The van der Waals surface area contributed by atoms with Crippen molar-refractivity contribution in [2.24, 2.45) is 0 Å². The summed E-state index contributed by atoms with van der Waals surface area (Å²) in [5.41, 5.74) is -0.942. The lowest BCUT2D eigenvalue weighted by Crippen LogP contribution is -2.50. The Kier molecular flexibility index (Phi) is 5.73. The fraction of sp³-hybridized carbons (Fsp3) is 0.706. The van der Waals surface area contributed by atoms with E-state index < -0.39 is 11.9 Å². The maximum atomic E-state index is 13.2. The molecule has 150 valence electrons. The van der Waals surface area contributed by atoms with Crippen molar-refractivity contribution >= 4 is 17.7 Å². The van der Waals surface area contributed by atoms with Crippen molar-refractivity contribution in [3.63, 3.8) is 0 Å². The van der Waals surface area contributed by atoms with Gasteiger partial charge in [-0.25, -0.2) is 4.98 Å². The molecule has 0 radical (unpaired) electrons. The van der Waals surface area contributed by atoms with Crippen molar-refractivity contribution in [2.45, 2.75) is 19.0 Å². The summed E-state index contributed by atoms with van der Waals surface area (Å²) in [6, 6.07) is 0.953. The fourth-order valence-electron chi connectivity index (χ4n) is 3.30. The molecule has 2 saturated heterocycles. The van der Waals surface area contributed by atoms with Crippen LogP contribution in [-0.4, -0.2) is 85.6 Å². The smallest absolute Gasteiger partial charge is 0.363 e. The molecule has 2 aliphatic heterocycles. The zero-order valence-electron chi connectivity index (χ0n) is 15.7. The number of nitrogens with zero attached hydrogens (tertiary/aromatic N) is 6. The largest absolute Gasteiger partial charge is 0.433 e. The number of carbonyl (C=O) groups is 1. The van der Waals surface area contributed by atoms with Gasteiger partial charge in [-0.05, 0) is 12.8 Å². The minimum absolute atomic E-state index is 0.0824. The van der Waals surface area contributed by atoms with Gasteiger partial charge in [0.25, 0.3) is 0 Å². The second-order valence-corrected chi connectivity index (χ2v) is 7.15. The molecule has 2 fully saturated rings. The van der Waals surface area contributed by atoms with Crippen molar-refractivity contribution < 1.29 is 18.0 Å². The third-order valence-electron chi connectivity index (χ3n) is 4.92. The highest BCUT2D eigenvalue weighted by molar-refractivity contribution is 5.78. The number of carbonyl (C=O) groups excluding carboxylic acids is 1. The Morgan fingerprint density at radius 1 is 1.07 bits per heavy atom. The first-order chi connectivity index (χ1) is 12.7. The van der Waals surface area contributed by atoms with Gasteiger partial charge < -0.3 is 14.7 Å². The first kappa shape index (κ1) is 19.7. The summed E-state index contributed by atoms with van der Waals surface area (Å²) in [7, 11) is 3.29. The van der Waals surface area contributed by atoms with Crippen LogP contribution in [0, 0.1) is 0 Å². The predicted octanol–water partition coefficient (Wildman–Crippen LogP) is 1.31. The van der Waals surface area contributed by atoms with Crippen molar-refractivity contribution in [2.75, 3.05) is 69.7 Å². The molecule has 0 bridgehead atoms. The molecule has 10 heteroatoms. The van der Waals surface area contributed by atoms with E-state index in [0.717, 1.165) is 32.0 Å². The van der Waals surface area contributed by atoms with Gasteiger partial charge in [0.2, 0.25) is 11.9 Å². The van der Waals surface area contributed by atoms with Crippen LogP contribution in [0.4, 0.5) is 24.9 Å². The molecular weight excluding hydrogens is 361 g/mol. The molecule has 0 aliphatic carbocycles. The summed E-state index contributed by atoms with van der Waals surface area (Å²) < 4.78 is 39.5. The summed E-state index contributed by atoms with van der Waals surface area (Å²) >= 11 is 0. The fourth-order valence-corrected chi connectivity index (χ4v) is 3.30. The van der Waals surface area contributed by atoms with E-state index in [1.807, 2.05) is 9.80 Å². The Morgan fingerprint density at radius 2 is 1.70 bits per heavy atom. The number of halogens is 3. The minimum atomic E-state index is -4.52. The quantitative estimate of drug-likeness (QED) is 0.778. The summed E-state index contributed by atoms with van der Waals surface area (Å²) in [6.45, 7) is 4.17. The van der Waals surface area contributed by atoms with Gasteiger partial charge >= 0.3 is 6.18 Å². The van der Waals surface area contributed by atoms with Gasteiger partial charge in [0.1, 0.15) is 5.82 Å². The first-order valence-electron chi connectivity index (χ1n) is 9.13. The molecule has 0 N–H and O–H groups in total. The second-order valence-electron chi connectivity index (χ2n) is 7.15. The van der Waals surface area contributed by atoms with Crippen LogP contribution < -0.4 is 9.80 Å². The molecule has 1 amide bonds. The standard InChI is InChI=1S/C17H25F3N6O/c1-23(2)14-11-13(17(18,19)20)21-16(22-14)26-9-7-24(8-10-26)12-15(27)25-5-3-4-6-25/h11H,3-10,12H2,1-2H3.